The topological polar surface area (TPSA) is 67.2 Å². The van der Waals surface area contributed by atoms with E-state index < -0.39 is 11.9 Å². The number of rotatable bonds is 4. The summed E-state index contributed by atoms with van der Waals surface area (Å²) in [7, 11) is 0. The number of fused-ring (bicyclic) bond motifs is 1. The lowest BCUT2D eigenvalue weighted by atomic mass is 10.2. The Morgan fingerprint density at radius 2 is 2.33 bits per heavy atom. The molecular weight excluding hydrogens is 232 g/mol. The number of hydrogen-bond donors (Lipinski definition) is 2. The molecule has 0 aliphatic carbocycles. The Hall–Kier alpha value is -1.17. The largest absolute Gasteiger partial charge is 0.421 e. The van der Waals surface area contributed by atoms with Crippen LogP contribution in [0.4, 0.5) is 0 Å². The zero-order chi connectivity index (χ0) is 13.2. The fraction of sp³-hybridized carbons (Fsp3) is 0.615. The first-order valence-corrected chi connectivity index (χ1v) is 6.28. The monoisotopic (exact) mass is 253 g/mol. The molecule has 5 heteroatoms. The molecule has 1 aliphatic rings. The van der Waals surface area contributed by atoms with Crippen molar-refractivity contribution in [3.8, 4) is 5.75 Å². The molecule has 100 valence electrons. The first-order valence-electron chi connectivity index (χ1n) is 6.28. The molecule has 0 bridgehead atoms. The number of nitrogens with one attached hydrogen (secondary N) is 1. The maximum Gasteiger partial charge on any atom is 0.308 e. The highest BCUT2D eigenvalue weighted by atomic mass is 16.7. The smallest absolute Gasteiger partial charge is 0.308 e. The third-order valence-electron chi connectivity index (χ3n) is 2.85. The predicted molar refractivity (Wildman–Crippen MR) is 68.4 cm³/mol. The van der Waals surface area contributed by atoms with Gasteiger partial charge in [-0.25, -0.2) is 4.98 Å². The molecule has 0 radical (unpaired) electrons. The van der Waals surface area contributed by atoms with Gasteiger partial charge in [0.2, 0.25) is 0 Å². The van der Waals surface area contributed by atoms with E-state index in [0.717, 1.165) is 18.0 Å². The lowest BCUT2D eigenvalue weighted by Crippen LogP contribution is -2.39. The second-order valence-corrected chi connectivity index (χ2v) is 4.87. The first-order chi connectivity index (χ1) is 8.52. The van der Waals surface area contributed by atoms with Crippen molar-refractivity contribution in [1.82, 2.24) is 10.3 Å². The van der Waals surface area contributed by atoms with Gasteiger partial charge in [-0.05, 0) is 18.7 Å². The van der Waals surface area contributed by atoms with Gasteiger partial charge in [0.15, 0.2) is 18.1 Å². The fourth-order valence-corrected chi connectivity index (χ4v) is 1.85. The van der Waals surface area contributed by atoms with Crippen molar-refractivity contribution in [2.75, 3.05) is 13.1 Å². The molecule has 18 heavy (non-hydrogen) atoms. The molecule has 2 rings (SSSR count). The molecule has 0 unspecified atom stereocenters. The number of hydrogen-bond acceptors (Lipinski definition) is 4. The average molecular weight is 253 g/mol. The third-order valence-corrected chi connectivity index (χ3v) is 2.85. The number of likely N-dealkylation sites (N-methyl/N-ethyl adjacent to an activating group) is 1. The van der Waals surface area contributed by atoms with Crippen molar-refractivity contribution in [1.29, 1.82) is 0 Å². The Morgan fingerprint density at radius 1 is 1.56 bits per heavy atom. The van der Waals surface area contributed by atoms with Crippen LogP contribution in [-0.4, -0.2) is 33.7 Å². The van der Waals surface area contributed by atoms with Crippen molar-refractivity contribution in [3.05, 3.63) is 23.5 Å². The Kier molecular flexibility index (Phi) is 3.85. The highest BCUT2D eigenvalue weighted by Gasteiger charge is 2.33. The number of pyridine rings is 1. The number of aliphatic hydroxyl groups is 3. The van der Waals surface area contributed by atoms with E-state index in [0.29, 0.717) is 18.8 Å². The Labute approximate surface area is 107 Å². The van der Waals surface area contributed by atoms with Crippen LogP contribution in [0.15, 0.2) is 12.1 Å². The van der Waals surface area contributed by atoms with Gasteiger partial charge >= 0.3 is 5.79 Å². The lowest BCUT2D eigenvalue weighted by Gasteiger charge is -2.28. The summed E-state index contributed by atoms with van der Waals surface area (Å²) >= 11 is 0. The molecule has 0 saturated carbocycles. The summed E-state index contributed by atoms with van der Waals surface area (Å²) < 4.78 is 10.1. The fourth-order valence-electron chi connectivity index (χ4n) is 1.85. The number of nitrogens with zero attached hydrogens (tertiary/aromatic N) is 1. The molecule has 2 heterocycles. The van der Waals surface area contributed by atoms with Crippen LogP contribution in [0.3, 0.4) is 0 Å². The summed E-state index contributed by atoms with van der Waals surface area (Å²) in [5, 5.41) is 13.1. The van der Waals surface area contributed by atoms with Gasteiger partial charge in [-0.1, -0.05) is 6.92 Å². The SMILES string of the molecule is CCNC[C@H](O)c1ccc2c(n1)C[OH+]C(C)(C)O2. The summed E-state index contributed by atoms with van der Waals surface area (Å²) in [6.45, 7) is 7.71. The number of ether oxygens (including phenoxy) is 2. The van der Waals surface area contributed by atoms with Crippen LogP contribution in [0.5, 0.6) is 5.75 Å². The van der Waals surface area contributed by atoms with Gasteiger partial charge in [0.25, 0.3) is 0 Å². The minimum Gasteiger partial charge on any atom is -0.421 e. The predicted octanol–water partition coefficient (Wildman–Crippen LogP) is 0.881. The zero-order valence-corrected chi connectivity index (χ0v) is 11.1. The number of aromatic nitrogens is 1. The van der Waals surface area contributed by atoms with E-state index in [1.54, 1.807) is 0 Å². The minimum absolute atomic E-state index is 0.488. The van der Waals surface area contributed by atoms with E-state index in [2.05, 4.69) is 15.0 Å². The Morgan fingerprint density at radius 3 is 3.06 bits per heavy atom. The van der Waals surface area contributed by atoms with Gasteiger partial charge in [0.05, 0.1) is 19.5 Å². The van der Waals surface area contributed by atoms with Crippen LogP contribution in [0.25, 0.3) is 0 Å². The number of aliphatic hydroxyl groups excluding tert-OH is 1. The van der Waals surface area contributed by atoms with Crippen LogP contribution >= 0.6 is 0 Å². The molecule has 1 aliphatic heterocycles. The minimum atomic E-state index is -0.592. The molecule has 1 atom stereocenters. The molecule has 0 saturated heterocycles. The van der Waals surface area contributed by atoms with E-state index in [1.165, 1.54) is 0 Å². The molecule has 5 nitrogen and oxygen atoms in total. The van der Waals surface area contributed by atoms with Gasteiger partial charge < -0.3 is 19.9 Å². The van der Waals surface area contributed by atoms with Crippen molar-refractivity contribution < 1.29 is 14.6 Å². The molecule has 0 amide bonds. The molecule has 0 aromatic carbocycles. The van der Waals surface area contributed by atoms with Gasteiger partial charge in [0, 0.05) is 6.54 Å². The van der Waals surface area contributed by atoms with E-state index in [1.807, 2.05) is 32.9 Å². The van der Waals surface area contributed by atoms with Crippen LogP contribution < -0.4 is 10.1 Å². The zero-order valence-electron chi connectivity index (χ0n) is 11.1. The maximum atomic E-state index is 9.96. The van der Waals surface area contributed by atoms with Crippen LogP contribution in [0.2, 0.25) is 0 Å². The van der Waals surface area contributed by atoms with E-state index in [-0.39, 0.29) is 0 Å². The second kappa shape index (κ2) is 5.22. The second-order valence-electron chi connectivity index (χ2n) is 4.87. The van der Waals surface area contributed by atoms with Gasteiger partial charge in [0.1, 0.15) is 6.10 Å². The van der Waals surface area contributed by atoms with E-state index in [4.69, 9.17) is 4.74 Å². The molecule has 1 aromatic rings. The van der Waals surface area contributed by atoms with Gasteiger partial charge in [-0.3, -0.25) is 0 Å². The van der Waals surface area contributed by atoms with Gasteiger partial charge in [-0.15, -0.1) is 0 Å². The summed E-state index contributed by atoms with van der Waals surface area (Å²) in [4.78, 5) is 4.42. The van der Waals surface area contributed by atoms with E-state index >= 15 is 0 Å². The lowest BCUT2D eigenvalue weighted by molar-refractivity contribution is -0.287. The maximum absolute atomic E-state index is 9.96. The van der Waals surface area contributed by atoms with Gasteiger partial charge in [-0.2, -0.15) is 0 Å². The summed E-state index contributed by atoms with van der Waals surface area (Å²) in [6.07, 6.45) is -0.592. The highest BCUT2D eigenvalue weighted by molar-refractivity contribution is 5.31. The molecular formula is C13H21N2O3+. The highest BCUT2D eigenvalue weighted by Crippen LogP contribution is 2.29. The van der Waals surface area contributed by atoms with Crippen molar-refractivity contribution >= 4 is 0 Å². The summed E-state index contributed by atoms with van der Waals surface area (Å²) in [5.74, 6) is 0.271. The quantitative estimate of drug-likeness (QED) is 0.782. The van der Waals surface area contributed by atoms with Crippen LogP contribution in [0.1, 0.15) is 38.3 Å². The van der Waals surface area contributed by atoms with Crippen molar-refractivity contribution in [2.24, 2.45) is 0 Å². The van der Waals surface area contributed by atoms with Crippen LogP contribution in [0, 0.1) is 0 Å². The Balaban J connectivity index is 2.13. The summed E-state index contributed by atoms with van der Waals surface area (Å²) in [5.41, 5.74) is 1.45. The summed E-state index contributed by atoms with van der Waals surface area (Å²) in [6, 6.07) is 3.67. The van der Waals surface area contributed by atoms with Crippen molar-refractivity contribution in [2.45, 2.75) is 39.3 Å². The standard InChI is InChI=1S/C13H20N2O3/c1-4-14-7-11(16)9-5-6-12-10(15-9)8-17-13(2,3)18-12/h5-6,11,14,16H,4,7-8H2,1-3H3/p+1/t11-/m0/s1. The first kappa shape index (κ1) is 13.3. The Bertz CT molecular complexity index is 421. The molecule has 0 fully saturated rings. The normalized spacial score (nSPS) is 18.9. The van der Waals surface area contributed by atoms with Crippen LogP contribution in [-0.2, 0) is 6.61 Å². The molecule has 3 N–H and O–H groups in total. The van der Waals surface area contributed by atoms with E-state index in [9.17, 15) is 5.11 Å². The molecule has 1 aromatic heterocycles. The molecule has 0 spiro atoms. The third kappa shape index (κ3) is 2.98. The van der Waals surface area contributed by atoms with Crippen molar-refractivity contribution in [3.63, 3.8) is 0 Å². The average Bonchev–Trinajstić information content (AvgIpc) is 2.34.